The number of rotatable bonds is 8. The van der Waals surface area contributed by atoms with E-state index in [2.05, 4.69) is 13.8 Å². The molecule has 0 aliphatic carbocycles. The Hall–Kier alpha value is -1.02. The summed E-state index contributed by atoms with van der Waals surface area (Å²) >= 11 is 6.41. The van der Waals surface area contributed by atoms with Crippen LogP contribution in [0.4, 0.5) is 0 Å². The molecule has 0 radical (unpaired) electrons. The molecule has 0 spiro atoms. The topological polar surface area (TPSA) is 26.3 Å². The van der Waals surface area contributed by atoms with Gasteiger partial charge in [-0.2, -0.15) is 0 Å². The second-order valence-corrected chi connectivity index (χ2v) is 7.69. The van der Waals surface area contributed by atoms with Crippen LogP contribution < -0.4 is 4.74 Å². The lowest BCUT2D eigenvalue weighted by Gasteiger charge is -2.16. The van der Waals surface area contributed by atoms with Crippen LogP contribution in [0, 0.1) is 11.3 Å². The van der Waals surface area contributed by atoms with Crippen molar-refractivity contribution in [3.8, 4) is 5.75 Å². The first-order valence-corrected chi connectivity index (χ1v) is 9.53. The zero-order valence-corrected chi connectivity index (χ0v) is 17.3. The first kappa shape index (κ1) is 23.0. The number of carbonyl (C=O) groups is 1. The van der Waals surface area contributed by atoms with E-state index in [9.17, 15) is 4.79 Å². The van der Waals surface area contributed by atoms with Crippen LogP contribution >= 0.6 is 11.6 Å². The summed E-state index contributed by atoms with van der Waals surface area (Å²) in [6, 6.07) is 5.94. The predicted molar refractivity (Wildman–Crippen MR) is 105 cm³/mol. The summed E-state index contributed by atoms with van der Waals surface area (Å²) in [4.78, 5) is 11.9. The van der Waals surface area contributed by atoms with Gasteiger partial charge in [0, 0.05) is 11.8 Å². The van der Waals surface area contributed by atoms with Crippen molar-refractivity contribution in [1.82, 2.24) is 0 Å². The fourth-order valence-corrected chi connectivity index (χ4v) is 2.37. The van der Waals surface area contributed by atoms with E-state index in [1.165, 1.54) is 0 Å². The van der Waals surface area contributed by atoms with E-state index in [0.29, 0.717) is 29.8 Å². The van der Waals surface area contributed by atoms with Crippen molar-refractivity contribution in [2.24, 2.45) is 11.3 Å². The highest BCUT2D eigenvalue weighted by atomic mass is 35.5. The third-order valence-corrected chi connectivity index (χ3v) is 3.98. The lowest BCUT2D eigenvalue weighted by molar-refractivity contribution is -0.126. The molecule has 0 saturated carbocycles. The molecule has 0 heterocycles. The Morgan fingerprint density at radius 2 is 1.79 bits per heavy atom. The first-order valence-electron chi connectivity index (χ1n) is 9.15. The molecule has 138 valence electrons. The van der Waals surface area contributed by atoms with Gasteiger partial charge in [-0.05, 0) is 36.8 Å². The Bertz CT molecular complexity index is 487. The number of Topliss-reactive ketones (excluding diaryl/α,β-unsaturated/α-hetero) is 1. The molecule has 0 amide bonds. The summed E-state index contributed by atoms with van der Waals surface area (Å²) < 4.78 is 5.74. The van der Waals surface area contributed by atoms with Crippen molar-refractivity contribution in [2.75, 3.05) is 6.61 Å². The van der Waals surface area contributed by atoms with Gasteiger partial charge < -0.3 is 4.74 Å². The van der Waals surface area contributed by atoms with E-state index in [4.69, 9.17) is 16.3 Å². The van der Waals surface area contributed by atoms with Gasteiger partial charge in [0.05, 0.1) is 11.6 Å². The minimum absolute atomic E-state index is 0.234. The molecular formula is C21H35ClO2. The quantitative estimate of drug-likeness (QED) is 0.484. The molecule has 0 aromatic heterocycles. The van der Waals surface area contributed by atoms with Crippen LogP contribution in [-0.2, 0) is 11.2 Å². The van der Waals surface area contributed by atoms with E-state index in [1.54, 1.807) is 0 Å². The number of carbonyl (C=O) groups excluding carboxylic acids is 1. The van der Waals surface area contributed by atoms with Crippen LogP contribution in [0.1, 0.15) is 73.3 Å². The number of halogens is 1. The van der Waals surface area contributed by atoms with Crippen molar-refractivity contribution < 1.29 is 9.53 Å². The molecule has 0 fully saturated rings. The highest BCUT2D eigenvalue weighted by molar-refractivity contribution is 6.32. The van der Waals surface area contributed by atoms with E-state index >= 15 is 0 Å². The van der Waals surface area contributed by atoms with Crippen LogP contribution in [-0.4, -0.2) is 12.4 Å². The fraction of sp³-hybridized carbons (Fsp3) is 0.667. The number of hydrogen-bond acceptors (Lipinski definition) is 2. The minimum Gasteiger partial charge on any atom is -0.492 e. The molecule has 24 heavy (non-hydrogen) atoms. The van der Waals surface area contributed by atoms with Gasteiger partial charge in [0.25, 0.3) is 0 Å². The zero-order chi connectivity index (χ0) is 18.8. The molecule has 3 heteroatoms. The second kappa shape index (κ2) is 11.5. The standard InChI is InChI=1S/C19H29ClO2.C2H6/c1-14(2)13-22-16-11-8-10-15(18(16)20)9-6-7-12-17(21)19(3,4)5;1-2/h8,10-11,14H,6-7,9,12-13H2,1-5H3;1-2H3. The lowest BCUT2D eigenvalue weighted by atomic mass is 9.87. The van der Waals surface area contributed by atoms with Gasteiger partial charge in [-0.1, -0.05) is 72.2 Å². The van der Waals surface area contributed by atoms with E-state index in [1.807, 2.05) is 52.8 Å². The van der Waals surface area contributed by atoms with Gasteiger partial charge in [0.2, 0.25) is 0 Å². The molecule has 0 atom stereocenters. The third-order valence-electron chi connectivity index (χ3n) is 3.55. The summed E-state index contributed by atoms with van der Waals surface area (Å²) in [5.74, 6) is 1.56. The van der Waals surface area contributed by atoms with Gasteiger partial charge in [-0.3, -0.25) is 4.79 Å². The first-order chi connectivity index (χ1) is 11.2. The molecule has 1 aromatic rings. The summed E-state index contributed by atoms with van der Waals surface area (Å²) in [6.45, 7) is 14.8. The van der Waals surface area contributed by atoms with Gasteiger partial charge in [-0.25, -0.2) is 0 Å². The van der Waals surface area contributed by atoms with Crippen molar-refractivity contribution in [3.05, 3.63) is 28.8 Å². The maximum absolute atomic E-state index is 11.9. The number of benzene rings is 1. The Labute approximate surface area is 153 Å². The molecule has 1 aromatic carbocycles. The van der Waals surface area contributed by atoms with Gasteiger partial charge in [0.1, 0.15) is 11.5 Å². The Kier molecular flexibility index (Phi) is 11.0. The molecule has 0 N–H and O–H groups in total. The average molecular weight is 355 g/mol. The number of aryl methyl sites for hydroxylation is 1. The monoisotopic (exact) mass is 354 g/mol. The fourth-order valence-electron chi connectivity index (χ4n) is 2.09. The number of ketones is 1. The van der Waals surface area contributed by atoms with Crippen molar-refractivity contribution >= 4 is 17.4 Å². The van der Waals surface area contributed by atoms with Crippen molar-refractivity contribution in [2.45, 2.75) is 74.1 Å². The van der Waals surface area contributed by atoms with Crippen LogP contribution in [0.2, 0.25) is 5.02 Å². The van der Waals surface area contributed by atoms with E-state index < -0.39 is 0 Å². The molecule has 2 nitrogen and oxygen atoms in total. The highest BCUT2D eigenvalue weighted by Gasteiger charge is 2.20. The average Bonchev–Trinajstić information content (AvgIpc) is 2.52. The van der Waals surface area contributed by atoms with Crippen molar-refractivity contribution in [1.29, 1.82) is 0 Å². The van der Waals surface area contributed by atoms with Crippen LogP contribution in [0.25, 0.3) is 0 Å². The molecule has 0 unspecified atom stereocenters. The maximum atomic E-state index is 11.9. The molecule has 0 aliphatic rings. The van der Waals surface area contributed by atoms with Crippen LogP contribution in [0.3, 0.4) is 0 Å². The summed E-state index contributed by atoms with van der Waals surface area (Å²) in [5.41, 5.74) is 0.869. The van der Waals surface area contributed by atoms with E-state index in [0.717, 1.165) is 30.6 Å². The van der Waals surface area contributed by atoms with Gasteiger partial charge in [0.15, 0.2) is 0 Å². The Morgan fingerprint density at radius 3 is 2.33 bits per heavy atom. The molecule has 0 bridgehead atoms. The minimum atomic E-state index is -0.234. The summed E-state index contributed by atoms with van der Waals surface area (Å²) in [5, 5.41) is 0.713. The number of unbranched alkanes of at least 4 members (excludes halogenated alkanes) is 1. The van der Waals surface area contributed by atoms with Gasteiger partial charge >= 0.3 is 0 Å². The van der Waals surface area contributed by atoms with E-state index in [-0.39, 0.29) is 5.41 Å². The summed E-state index contributed by atoms with van der Waals surface area (Å²) in [7, 11) is 0. The molecule has 0 aliphatic heterocycles. The number of hydrogen-bond donors (Lipinski definition) is 0. The third kappa shape index (κ3) is 8.73. The van der Waals surface area contributed by atoms with Crippen LogP contribution in [0.15, 0.2) is 18.2 Å². The van der Waals surface area contributed by atoms with Gasteiger partial charge in [-0.15, -0.1) is 0 Å². The maximum Gasteiger partial charge on any atom is 0.138 e. The lowest BCUT2D eigenvalue weighted by Crippen LogP contribution is -2.19. The molecule has 1 rings (SSSR count). The Morgan fingerprint density at radius 1 is 1.17 bits per heavy atom. The Balaban J connectivity index is 0.00000254. The smallest absolute Gasteiger partial charge is 0.138 e. The molecular weight excluding hydrogens is 320 g/mol. The largest absolute Gasteiger partial charge is 0.492 e. The highest BCUT2D eigenvalue weighted by Crippen LogP contribution is 2.30. The normalized spacial score (nSPS) is 11.0. The molecule has 0 saturated heterocycles. The van der Waals surface area contributed by atoms with Crippen LogP contribution in [0.5, 0.6) is 5.75 Å². The predicted octanol–water partition coefficient (Wildman–Crippen LogP) is 6.73. The second-order valence-electron chi connectivity index (χ2n) is 7.31. The van der Waals surface area contributed by atoms with Crippen molar-refractivity contribution in [3.63, 3.8) is 0 Å². The summed E-state index contributed by atoms with van der Waals surface area (Å²) in [6.07, 6.45) is 3.40. The zero-order valence-electron chi connectivity index (χ0n) is 16.5. The number of ether oxygens (including phenoxy) is 1. The SMILES string of the molecule is CC.CC(C)COc1cccc(CCCCC(=O)C(C)(C)C)c1Cl.